The number of carbonyl (C=O) groups is 2. The number of sulfonamides is 1. The van der Waals surface area contributed by atoms with Gasteiger partial charge in [0.1, 0.15) is 12.6 Å². The second kappa shape index (κ2) is 13.2. The Morgan fingerprint density at radius 2 is 1.62 bits per heavy atom. The summed E-state index contributed by atoms with van der Waals surface area (Å²) in [5.74, 6) is -0.779. The second-order valence-electron chi connectivity index (χ2n) is 9.26. The van der Waals surface area contributed by atoms with Crippen LogP contribution in [0.3, 0.4) is 0 Å². The fraction of sp³-hybridized carbons (Fsp3) is 0.462. The molecule has 7 nitrogen and oxygen atoms in total. The van der Waals surface area contributed by atoms with E-state index in [-0.39, 0.29) is 39.2 Å². The number of hydrogen-bond donors (Lipinski definition) is 1. The maximum absolute atomic E-state index is 13.8. The van der Waals surface area contributed by atoms with E-state index in [0.29, 0.717) is 6.42 Å². The van der Waals surface area contributed by atoms with Gasteiger partial charge in [-0.25, -0.2) is 8.42 Å². The van der Waals surface area contributed by atoms with Crippen LogP contribution in [-0.2, 0) is 26.2 Å². The van der Waals surface area contributed by atoms with Crippen LogP contribution in [0.5, 0.6) is 0 Å². The maximum atomic E-state index is 13.8. The Bertz CT molecular complexity index is 1210. The standard InChI is InChI=1S/C26H32Cl3N3O4S/c1-3-23(26(34)30-19-12-8-5-9-13-19)31(16-18-10-6-4-7-11-18)25(33)17-32(37(2,35)36)24-15-21(28)20(27)14-22(24)29/h4,6-7,10-11,14-15,19,23H,3,5,8-9,12-13,16-17H2,1-2H3,(H,30,34)/t23-/m1/s1. The molecule has 0 unspecified atom stereocenters. The third-order valence-electron chi connectivity index (χ3n) is 6.47. The van der Waals surface area contributed by atoms with Gasteiger partial charge in [0.2, 0.25) is 21.8 Å². The average Bonchev–Trinajstić information content (AvgIpc) is 2.85. The molecule has 0 aromatic heterocycles. The van der Waals surface area contributed by atoms with E-state index in [4.69, 9.17) is 34.8 Å². The van der Waals surface area contributed by atoms with Crippen LogP contribution in [0.15, 0.2) is 42.5 Å². The van der Waals surface area contributed by atoms with Gasteiger partial charge >= 0.3 is 0 Å². The van der Waals surface area contributed by atoms with Gasteiger partial charge in [0.05, 0.1) is 27.0 Å². The van der Waals surface area contributed by atoms with E-state index in [0.717, 1.165) is 48.2 Å². The van der Waals surface area contributed by atoms with Gasteiger partial charge in [-0.1, -0.05) is 91.3 Å². The minimum Gasteiger partial charge on any atom is -0.352 e. The second-order valence-corrected chi connectivity index (χ2v) is 12.4. The van der Waals surface area contributed by atoms with Crippen molar-refractivity contribution in [2.75, 3.05) is 17.1 Å². The van der Waals surface area contributed by atoms with Gasteiger partial charge in [0.25, 0.3) is 0 Å². The van der Waals surface area contributed by atoms with Gasteiger partial charge < -0.3 is 10.2 Å². The molecule has 2 amide bonds. The molecule has 202 valence electrons. The molecule has 2 aromatic rings. The van der Waals surface area contributed by atoms with Gasteiger partial charge in [-0.15, -0.1) is 0 Å². The van der Waals surface area contributed by atoms with Crippen LogP contribution in [0.4, 0.5) is 5.69 Å². The molecule has 0 heterocycles. The quantitative estimate of drug-likeness (QED) is 0.363. The monoisotopic (exact) mass is 587 g/mol. The fourth-order valence-corrected chi connectivity index (χ4v) is 6.09. The molecule has 0 spiro atoms. The summed E-state index contributed by atoms with van der Waals surface area (Å²) < 4.78 is 26.4. The average molecular weight is 589 g/mol. The Kier molecular flexibility index (Phi) is 10.5. The summed E-state index contributed by atoms with van der Waals surface area (Å²) in [4.78, 5) is 28.6. The van der Waals surface area contributed by atoms with Gasteiger partial charge in [0, 0.05) is 12.6 Å². The highest BCUT2D eigenvalue weighted by Gasteiger charge is 2.33. The predicted octanol–water partition coefficient (Wildman–Crippen LogP) is 5.67. The first kappa shape index (κ1) is 29.6. The molecule has 0 aliphatic heterocycles. The number of amides is 2. The highest BCUT2D eigenvalue weighted by molar-refractivity contribution is 7.92. The maximum Gasteiger partial charge on any atom is 0.244 e. The number of anilines is 1. The Labute approximate surface area is 234 Å². The summed E-state index contributed by atoms with van der Waals surface area (Å²) in [5.41, 5.74) is 0.851. The zero-order chi connectivity index (χ0) is 27.2. The highest BCUT2D eigenvalue weighted by atomic mass is 35.5. The van der Waals surface area contributed by atoms with Crippen molar-refractivity contribution in [1.82, 2.24) is 10.2 Å². The van der Waals surface area contributed by atoms with Crippen LogP contribution in [0.1, 0.15) is 51.0 Å². The Hall–Kier alpha value is -2.00. The van der Waals surface area contributed by atoms with Crippen molar-refractivity contribution in [2.24, 2.45) is 0 Å². The smallest absolute Gasteiger partial charge is 0.244 e. The summed E-state index contributed by atoms with van der Waals surface area (Å²) in [6.07, 6.45) is 6.43. The van der Waals surface area contributed by atoms with Gasteiger partial charge in [-0.05, 0) is 37.0 Å². The Morgan fingerprint density at radius 1 is 1.00 bits per heavy atom. The molecule has 0 bridgehead atoms. The third-order valence-corrected chi connectivity index (χ3v) is 8.62. The van der Waals surface area contributed by atoms with Crippen molar-refractivity contribution < 1.29 is 18.0 Å². The lowest BCUT2D eigenvalue weighted by Crippen LogP contribution is -2.54. The Balaban J connectivity index is 1.94. The predicted molar refractivity (Wildman–Crippen MR) is 150 cm³/mol. The molecule has 0 saturated heterocycles. The number of halogens is 3. The lowest BCUT2D eigenvalue weighted by molar-refractivity contribution is -0.140. The molecule has 1 saturated carbocycles. The zero-order valence-corrected chi connectivity index (χ0v) is 24.0. The number of rotatable bonds is 10. The molecule has 1 aliphatic carbocycles. The summed E-state index contributed by atoms with van der Waals surface area (Å²) in [7, 11) is -3.95. The van der Waals surface area contributed by atoms with Crippen molar-refractivity contribution in [3.63, 3.8) is 0 Å². The molecule has 11 heteroatoms. The molecule has 3 rings (SSSR count). The molecule has 1 atom stereocenters. The summed E-state index contributed by atoms with van der Waals surface area (Å²) in [5, 5.41) is 3.40. The van der Waals surface area contributed by atoms with Crippen LogP contribution in [-0.4, -0.2) is 50.0 Å². The largest absolute Gasteiger partial charge is 0.352 e. The normalized spacial score (nSPS) is 15.2. The van der Waals surface area contributed by atoms with Gasteiger partial charge in [-0.2, -0.15) is 0 Å². The zero-order valence-electron chi connectivity index (χ0n) is 20.9. The summed E-state index contributed by atoms with van der Waals surface area (Å²) in [6, 6.07) is 11.2. The van der Waals surface area contributed by atoms with Crippen LogP contribution in [0.2, 0.25) is 15.1 Å². The molecule has 0 radical (unpaired) electrons. The number of nitrogens with zero attached hydrogens (tertiary/aromatic N) is 2. The lowest BCUT2D eigenvalue weighted by atomic mass is 9.95. The van der Waals surface area contributed by atoms with Crippen molar-refractivity contribution >= 4 is 62.3 Å². The first-order valence-electron chi connectivity index (χ1n) is 12.3. The number of carbonyl (C=O) groups excluding carboxylic acids is 2. The lowest BCUT2D eigenvalue weighted by Gasteiger charge is -2.34. The van der Waals surface area contributed by atoms with Crippen LogP contribution in [0.25, 0.3) is 0 Å². The van der Waals surface area contributed by atoms with Crippen molar-refractivity contribution in [3.05, 3.63) is 63.1 Å². The van der Waals surface area contributed by atoms with E-state index in [1.54, 1.807) is 0 Å². The van der Waals surface area contributed by atoms with Crippen LogP contribution in [0, 0.1) is 0 Å². The van der Waals surface area contributed by atoms with E-state index in [9.17, 15) is 18.0 Å². The molecule has 1 N–H and O–H groups in total. The van der Waals surface area contributed by atoms with Gasteiger partial charge in [0.15, 0.2) is 0 Å². The first-order chi connectivity index (χ1) is 17.5. The highest BCUT2D eigenvalue weighted by Crippen LogP contribution is 2.35. The van der Waals surface area contributed by atoms with E-state index in [1.807, 2.05) is 37.3 Å². The molecular formula is C26H32Cl3N3O4S. The van der Waals surface area contributed by atoms with Crippen LogP contribution >= 0.6 is 34.8 Å². The molecule has 37 heavy (non-hydrogen) atoms. The summed E-state index contributed by atoms with van der Waals surface area (Å²) in [6.45, 7) is 1.42. The minimum atomic E-state index is -3.95. The van der Waals surface area contributed by atoms with Gasteiger partial charge in [-0.3, -0.25) is 13.9 Å². The molecule has 2 aromatic carbocycles. The third kappa shape index (κ3) is 7.99. The molecule has 1 fully saturated rings. The van der Waals surface area contributed by atoms with Crippen molar-refractivity contribution in [2.45, 2.75) is 64.1 Å². The van der Waals surface area contributed by atoms with Crippen molar-refractivity contribution in [3.8, 4) is 0 Å². The van der Waals surface area contributed by atoms with E-state index < -0.39 is 28.5 Å². The van der Waals surface area contributed by atoms with E-state index in [1.165, 1.54) is 17.0 Å². The number of nitrogens with one attached hydrogen (secondary N) is 1. The fourth-order valence-electron chi connectivity index (χ4n) is 4.54. The molecular weight excluding hydrogens is 557 g/mol. The number of hydrogen-bond acceptors (Lipinski definition) is 4. The Morgan fingerprint density at radius 3 is 2.22 bits per heavy atom. The minimum absolute atomic E-state index is 0.0318. The van der Waals surface area contributed by atoms with E-state index >= 15 is 0 Å². The topological polar surface area (TPSA) is 86.8 Å². The number of benzene rings is 2. The SMILES string of the molecule is CC[C@H](C(=O)NC1CCCCC1)N(Cc1ccccc1)C(=O)CN(c1cc(Cl)c(Cl)cc1Cl)S(C)(=O)=O. The van der Waals surface area contributed by atoms with Crippen molar-refractivity contribution in [1.29, 1.82) is 0 Å². The first-order valence-corrected chi connectivity index (χ1v) is 15.3. The van der Waals surface area contributed by atoms with Crippen LogP contribution < -0.4 is 9.62 Å². The molecule has 1 aliphatic rings. The summed E-state index contributed by atoms with van der Waals surface area (Å²) >= 11 is 18.5. The van der Waals surface area contributed by atoms with E-state index in [2.05, 4.69) is 5.32 Å².